The number of aromatic nitrogens is 1. The van der Waals surface area contributed by atoms with Crippen molar-refractivity contribution in [3.8, 4) is 0 Å². The smallest absolute Gasteiger partial charge is 0.174 e. The van der Waals surface area contributed by atoms with Gasteiger partial charge in [0.15, 0.2) is 5.78 Å². The Labute approximate surface area is 91.7 Å². The predicted octanol–water partition coefficient (Wildman–Crippen LogP) is 2.83. The van der Waals surface area contributed by atoms with Gasteiger partial charge >= 0.3 is 0 Å². The number of benzene rings is 1. The second-order valence-electron chi connectivity index (χ2n) is 3.68. The third-order valence-corrected chi connectivity index (χ3v) is 3.73. The van der Waals surface area contributed by atoms with Crippen LogP contribution >= 0.6 is 11.8 Å². The lowest BCUT2D eigenvalue weighted by molar-refractivity contribution is 0.102. The zero-order chi connectivity index (χ0) is 10.4. The van der Waals surface area contributed by atoms with Crippen molar-refractivity contribution in [1.82, 2.24) is 4.98 Å². The molecular formula is C12H9NOS. The highest BCUT2D eigenvalue weighted by Gasteiger charge is 2.23. The van der Waals surface area contributed by atoms with Gasteiger partial charge in [-0.15, -0.1) is 11.8 Å². The van der Waals surface area contributed by atoms with E-state index in [1.165, 1.54) is 0 Å². The number of fused-ring (bicyclic) bond motifs is 3. The summed E-state index contributed by atoms with van der Waals surface area (Å²) >= 11 is 1.58. The number of Topliss-reactive ketones (excluding diaryl/α,β-unsaturated/α-hetero) is 1. The first-order chi connectivity index (χ1) is 7.27. The van der Waals surface area contributed by atoms with Gasteiger partial charge in [0.1, 0.15) is 0 Å². The molecule has 1 aliphatic heterocycles. The van der Waals surface area contributed by atoms with Crippen LogP contribution in [0.5, 0.6) is 0 Å². The fourth-order valence-corrected chi connectivity index (χ4v) is 2.89. The van der Waals surface area contributed by atoms with Gasteiger partial charge in [-0.3, -0.25) is 9.78 Å². The molecule has 0 atom stereocenters. The summed E-state index contributed by atoms with van der Waals surface area (Å²) in [6.45, 7) is 2.02. The first kappa shape index (κ1) is 8.92. The number of rotatable bonds is 0. The molecule has 3 rings (SSSR count). The number of hydrogen-bond donors (Lipinski definition) is 0. The van der Waals surface area contributed by atoms with E-state index in [2.05, 4.69) is 4.98 Å². The summed E-state index contributed by atoms with van der Waals surface area (Å²) in [5.41, 5.74) is 2.95. The van der Waals surface area contributed by atoms with E-state index in [9.17, 15) is 4.79 Å². The van der Waals surface area contributed by atoms with Crippen molar-refractivity contribution in [3.05, 3.63) is 35.5 Å². The highest BCUT2D eigenvalue weighted by atomic mass is 32.2. The van der Waals surface area contributed by atoms with E-state index in [1.54, 1.807) is 11.8 Å². The summed E-state index contributed by atoms with van der Waals surface area (Å²) < 4.78 is 0. The average Bonchev–Trinajstić information content (AvgIpc) is 2.61. The third kappa shape index (κ3) is 1.20. The standard InChI is InChI=1S/C12H9NOS/c1-7-3-2-4-8-11-9(14)6-15-10(11)5-13-12(7)8/h2-5H,6H2,1H3. The van der Waals surface area contributed by atoms with Crippen LogP contribution in [0.25, 0.3) is 10.9 Å². The lowest BCUT2D eigenvalue weighted by Gasteiger charge is -2.04. The lowest BCUT2D eigenvalue weighted by Crippen LogP contribution is -1.97. The number of aryl methyl sites for hydroxylation is 1. The van der Waals surface area contributed by atoms with Crippen molar-refractivity contribution < 1.29 is 4.79 Å². The first-order valence-electron chi connectivity index (χ1n) is 4.81. The van der Waals surface area contributed by atoms with Crippen LogP contribution < -0.4 is 0 Å². The number of nitrogens with zero attached hydrogens (tertiary/aromatic N) is 1. The number of ketones is 1. The van der Waals surface area contributed by atoms with Crippen molar-refractivity contribution in [2.75, 3.05) is 5.75 Å². The van der Waals surface area contributed by atoms with Gasteiger partial charge in [-0.05, 0) is 12.5 Å². The van der Waals surface area contributed by atoms with E-state index in [0.29, 0.717) is 5.75 Å². The molecule has 0 saturated heterocycles. The molecule has 0 aliphatic carbocycles. The van der Waals surface area contributed by atoms with Crippen molar-refractivity contribution in [2.24, 2.45) is 0 Å². The minimum atomic E-state index is 0.230. The fraction of sp³-hybridized carbons (Fsp3) is 0.167. The number of hydrogen-bond acceptors (Lipinski definition) is 3. The van der Waals surface area contributed by atoms with Crippen molar-refractivity contribution >= 4 is 28.4 Å². The molecule has 0 saturated carbocycles. The fourth-order valence-electron chi connectivity index (χ4n) is 1.97. The predicted molar refractivity (Wildman–Crippen MR) is 61.5 cm³/mol. The van der Waals surface area contributed by atoms with Gasteiger partial charge in [-0.25, -0.2) is 0 Å². The molecule has 0 bridgehead atoms. The Morgan fingerprint density at radius 3 is 3.13 bits per heavy atom. The van der Waals surface area contributed by atoms with Gasteiger partial charge in [0.2, 0.25) is 0 Å². The van der Waals surface area contributed by atoms with E-state index in [-0.39, 0.29) is 5.78 Å². The van der Waals surface area contributed by atoms with Crippen LogP contribution in [0, 0.1) is 6.92 Å². The van der Waals surface area contributed by atoms with E-state index >= 15 is 0 Å². The molecule has 2 nitrogen and oxygen atoms in total. The maximum Gasteiger partial charge on any atom is 0.174 e. The molecule has 1 aromatic heterocycles. The number of carbonyl (C=O) groups is 1. The number of thioether (sulfide) groups is 1. The van der Waals surface area contributed by atoms with E-state index < -0.39 is 0 Å². The summed E-state index contributed by atoms with van der Waals surface area (Å²) in [6.07, 6.45) is 1.82. The quantitative estimate of drug-likeness (QED) is 0.677. The van der Waals surface area contributed by atoms with Crippen LogP contribution in [0.1, 0.15) is 15.9 Å². The molecule has 1 aliphatic rings. The second kappa shape index (κ2) is 3.07. The topological polar surface area (TPSA) is 30.0 Å². The minimum Gasteiger partial charge on any atom is -0.293 e. The van der Waals surface area contributed by atoms with E-state index in [0.717, 1.165) is 26.9 Å². The van der Waals surface area contributed by atoms with Crippen LogP contribution in [0.2, 0.25) is 0 Å². The molecule has 0 spiro atoms. The highest BCUT2D eigenvalue weighted by Crippen LogP contribution is 2.35. The summed E-state index contributed by atoms with van der Waals surface area (Å²) in [5.74, 6) is 0.789. The normalized spacial score (nSPS) is 14.6. The largest absolute Gasteiger partial charge is 0.293 e. The Balaban J connectivity index is 2.48. The summed E-state index contributed by atoms with van der Waals surface area (Å²) in [5, 5.41) is 1.00. The minimum absolute atomic E-state index is 0.230. The van der Waals surface area contributed by atoms with E-state index in [1.807, 2.05) is 31.3 Å². The molecule has 3 heteroatoms. The summed E-state index contributed by atoms with van der Waals surface area (Å²) in [4.78, 5) is 17.2. The Morgan fingerprint density at radius 1 is 1.40 bits per heavy atom. The second-order valence-corrected chi connectivity index (χ2v) is 4.70. The van der Waals surface area contributed by atoms with Crippen LogP contribution in [-0.4, -0.2) is 16.5 Å². The van der Waals surface area contributed by atoms with Crippen molar-refractivity contribution in [2.45, 2.75) is 11.8 Å². The zero-order valence-electron chi connectivity index (χ0n) is 8.28. The molecule has 0 amide bonds. The molecule has 2 heterocycles. The van der Waals surface area contributed by atoms with Crippen LogP contribution in [0.3, 0.4) is 0 Å². The molecule has 0 N–H and O–H groups in total. The van der Waals surface area contributed by atoms with Gasteiger partial charge in [0.25, 0.3) is 0 Å². The molecule has 0 fully saturated rings. The van der Waals surface area contributed by atoms with Gasteiger partial charge in [0, 0.05) is 22.0 Å². The maximum absolute atomic E-state index is 11.7. The van der Waals surface area contributed by atoms with Crippen LogP contribution in [-0.2, 0) is 0 Å². The Hall–Kier alpha value is -1.35. The molecule has 0 unspecified atom stereocenters. The Kier molecular flexibility index (Phi) is 1.83. The number of para-hydroxylation sites is 1. The lowest BCUT2D eigenvalue weighted by atomic mass is 10.0. The molecule has 0 radical (unpaired) electrons. The number of pyridine rings is 1. The Morgan fingerprint density at radius 2 is 2.27 bits per heavy atom. The third-order valence-electron chi connectivity index (χ3n) is 2.70. The molecule has 2 aromatic rings. The van der Waals surface area contributed by atoms with Crippen LogP contribution in [0.4, 0.5) is 0 Å². The van der Waals surface area contributed by atoms with Gasteiger partial charge in [-0.1, -0.05) is 18.2 Å². The van der Waals surface area contributed by atoms with Crippen molar-refractivity contribution in [3.63, 3.8) is 0 Å². The number of carbonyl (C=O) groups excluding carboxylic acids is 1. The Bertz CT molecular complexity index is 577. The van der Waals surface area contributed by atoms with Crippen molar-refractivity contribution in [1.29, 1.82) is 0 Å². The van der Waals surface area contributed by atoms with Gasteiger partial charge in [-0.2, -0.15) is 0 Å². The summed E-state index contributed by atoms with van der Waals surface area (Å²) in [6, 6.07) is 5.99. The molecule has 15 heavy (non-hydrogen) atoms. The van der Waals surface area contributed by atoms with E-state index in [4.69, 9.17) is 0 Å². The molecular weight excluding hydrogens is 206 g/mol. The van der Waals surface area contributed by atoms with Gasteiger partial charge < -0.3 is 0 Å². The van der Waals surface area contributed by atoms with Crippen LogP contribution in [0.15, 0.2) is 29.3 Å². The zero-order valence-corrected chi connectivity index (χ0v) is 9.10. The monoisotopic (exact) mass is 215 g/mol. The summed E-state index contributed by atoms with van der Waals surface area (Å²) in [7, 11) is 0. The highest BCUT2D eigenvalue weighted by molar-refractivity contribution is 8.00. The van der Waals surface area contributed by atoms with Gasteiger partial charge in [0.05, 0.1) is 11.3 Å². The maximum atomic E-state index is 11.7. The first-order valence-corrected chi connectivity index (χ1v) is 5.80. The SMILES string of the molecule is Cc1cccc2c3c(cnc12)SCC3=O. The average molecular weight is 215 g/mol. The molecule has 1 aromatic carbocycles. The molecule has 74 valence electrons.